The van der Waals surface area contributed by atoms with Crippen molar-refractivity contribution < 1.29 is 9.53 Å². The normalized spacial score (nSPS) is 10.7. The first-order chi connectivity index (χ1) is 10.6. The van der Waals surface area contributed by atoms with Gasteiger partial charge in [0.15, 0.2) is 5.65 Å². The maximum absolute atomic E-state index is 12.4. The number of methoxy groups -OCH3 is 1. The van der Waals surface area contributed by atoms with E-state index < -0.39 is 0 Å². The number of ether oxygens (including phenoxy) is 1. The Hall–Kier alpha value is -2.89. The fraction of sp³-hybridized carbons (Fsp3) is 0.188. The molecular formula is C16H16N4O2. The summed E-state index contributed by atoms with van der Waals surface area (Å²) in [4.78, 5) is 16.8. The van der Waals surface area contributed by atoms with E-state index in [0.29, 0.717) is 16.9 Å². The number of nitrogens with zero attached hydrogens (tertiary/aromatic N) is 3. The summed E-state index contributed by atoms with van der Waals surface area (Å²) in [5.41, 5.74) is 3.48. The molecule has 0 saturated heterocycles. The summed E-state index contributed by atoms with van der Waals surface area (Å²) in [5, 5.41) is 7.06. The monoisotopic (exact) mass is 296 g/mol. The number of hydrogen-bond donors (Lipinski definition) is 1. The Morgan fingerprint density at radius 3 is 2.64 bits per heavy atom. The second-order valence-corrected chi connectivity index (χ2v) is 5.02. The number of carbonyl (C=O) groups excluding carboxylic acids is 1. The fourth-order valence-corrected chi connectivity index (χ4v) is 2.30. The third-order valence-electron chi connectivity index (χ3n) is 3.37. The molecule has 0 fully saturated rings. The number of amides is 1. The Balaban J connectivity index is 1.91. The predicted octanol–water partition coefficient (Wildman–Crippen LogP) is 2.61. The van der Waals surface area contributed by atoms with Crippen LogP contribution in [-0.4, -0.2) is 27.6 Å². The zero-order valence-corrected chi connectivity index (χ0v) is 12.6. The zero-order chi connectivity index (χ0) is 15.7. The van der Waals surface area contributed by atoms with Crippen molar-refractivity contribution in [1.82, 2.24) is 14.6 Å². The number of nitrogens with one attached hydrogen (secondary N) is 1. The number of aryl methyl sites for hydroxylation is 2. The average Bonchev–Trinajstić information content (AvgIpc) is 2.92. The van der Waals surface area contributed by atoms with Gasteiger partial charge in [-0.2, -0.15) is 5.10 Å². The molecule has 0 radical (unpaired) electrons. The molecule has 0 spiro atoms. The number of benzene rings is 1. The summed E-state index contributed by atoms with van der Waals surface area (Å²) in [5.74, 6) is 0.500. The van der Waals surface area contributed by atoms with E-state index in [9.17, 15) is 4.79 Å². The molecule has 1 amide bonds. The summed E-state index contributed by atoms with van der Waals surface area (Å²) in [7, 11) is 1.60. The molecule has 112 valence electrons. The van der Waals surface area contributed by atoms with E-state index in [1.54, 1.807) is 35.9 Å². The largest absolute Gasteiger partial charge is 0.497 e. The lowest BCUT2D eigenvalue weighted by Gasteiger charge is -2.06. The standard InChI is InChI=1S/C16H16N4O2/c1-10-8-11(2)20-15(18-10)14(9-17-20)16(21)19-12-4-6-13(22-3)7-5-12/h4-9H,1-3H3,(H,19,21). The smallest absolute Gasteiger partial charge is 0.261 e. The quantitative estimate of drug-likeness (QED) is 0.806. The van der Waals surface area contributed by atoms with Crippen molar-refractivity contribution in [3.8, 4) is 5.75 Å². The Morgan fingerprint density at radius 2 is 1.95 bits per heavy atom. The third-order valence-corrected chi connectivity index (χ3v) is 3.37. The van der Waals surface area contributed by atoms with Gasteiger partial charge in [0.1, 0.15) is 11.3 Å². The van der Waals surface area contributed by atoms with Crippen molar-refractivity contribution in [1.29, 1.82) is 0 Å². The van der Waals surface area contributed by atoms with Gasteiger partial charge in [-0.3, -0.25) is 4.79 Å². The average molecular weight is 296 g/mol. The maximum Gasteiger partial charge on any atom is 0.261 e. The first-order valence-corrected chi connectivity index (χ1v) is 6.86. The highest BCUT2D eigenvalue weighted by Crippen LogP contribution is 2.17. The van der Waals surface area contributed by atoms with Crippen LogP contribution in [-0.2, 0) is 0 Å². The summed E-state index contributed by atoms with van der Waals surface area (Å²) in [6, 6.07) is 9.07. The third kappa shape index (κ3) is 2.50. The number of hydrogen-bond acceptors (Lipinski definition) is 4. The molecule has 3 aromatic rings. The Kier molecular flexibility index (Phi) is 3.50. The number of fused-ring (bicyclic) bond motifs is 1. The number of anilines is 1. The van der Waals surface area contributed by atoms with Gasteiger partial charge in [-0.05, 0) is 44.2 Å². The molecular weight excluding hydrogens is 280 g/mol. The molecule has 6 heteroatoms. The highest BCUT2D eigenvalue weighted by Gasteiger charge is 2.15. The van der Waals surface area contributed by atoms with Gasteiger partial charge < -0.3 is 10.1 Å². The molecule has 2 aromatic heterocycles. The Morgan fingerprint density at radius 1 is 1.23 bits per heavy atom. The van der Waals surface area contributed by atoms with E-state index in [2.05, 4.69) is 15.4 Å². The zero-order valence-electron chi connectivity index (χ0n) is 12.6. The summed E-state index contributed by atoms with van der Waals surface area (Å²) >= 11 is 0. The minimum atomic E-state index is -0.238. The molecule has 3 rings (SSSR count). The first kappa shape index (κ1) is 14.1. The molecule has 0 aliphatic rings. The van der Waals surface area contributed by atoms with Crippen LogP contribution >= 0.6 is 0 Å². The minimum absolute atomic E-state index is 0.238. The second-order valence-electron chi connectivity index (χ2n) is 5.02. The first-order valence-electron chi connectivity index (χ1n) is 6.86. The van der Waals surface area contributed by atoms with E-state index in [-0.39, 0.29) is 5.91 Å². The molecule has 0 aliphatic carbocycles. The van der Waals surface area contributed by atoms with Crippen LogP contribution in [0, 0.1) is 13.8 Å². The van der Waals surface area contributed by atoms with E-state index in [4.69, 9.17) is 4.74 Å². The highest BCUT2D eigenvalue weighted by molar-refractivity contribution is 6.08. The molecule has 6 nitrogen and oxygen atoms in total. The van der Waals surface area contributed by atoms with Crippen molar-refractivity contribution in [2.75, 3.05) is 12.4 Å². The van der Waals surface area contributed by atoms with Crippen LogP contribution in [0.4, 0.5) is 5.69 Å². The van der Waals surface area contributed by atoms with Crippen molar-refractivity contribution in [3.05, 3.63) is 53.5 Å². The van der Waals surface area contributed by atoms with Crippen LogP contribution in [0.2, 0.25) is 0 Å². The van der Waals surface area contributed by atoms with Gasteiger partial charge in [-0.25, -0.2) is 9.50 Å². The van der Waals surface area contributed by atoms with Crippen molar-refractivity contribution in [2.45, 2.75) is 13.8 Å². The van der Waals surface area contributed by atoms with E-state index in [1.165, 1.54) is 6.20 Å². The molecule has 1 aromatic carbocycles. The number of carbonyl (C=O) groups is 1. The molecule has 0 atom stereocenters. The lowest BCUT2D eigenvalue weighted by molar-refractivity contribution is 0.102. The van der Waals surface area contributed by atoms with Gasteiger partial charge in [0.25, 0.3) is 5.91 Å². The summed E-state index contributed by atoms with van der Waals surface area (Å²) in [6.45, 7) is 3.82. The van der Waals surface area contributed by atoms with Crippen LogP contribution in [0.5, 0.6) is 5.75 Å². The molecule has 1 N–H and O–H groups in total. The molecule has 0 unspecified atom stereocenters. The van der Waals surface area contributed by atoms with Crippen LogP contribution in [0.3, 0.4) is 0 Å². The van der Waals surface area contributed by atoms with E-state index in [1.807, 2.05) is 19.9 Å². The Bertz CT molecular complexity index is 837. The molecule has 0 bridgehead atoms. The highest BCUT2D eigenvalue weighted by atomic mass is 16.5. The molecule has 2 heterocycles. The maximum atomic E-state index is 12.4. The van der Waals surface area contributed by atoms with Gasteiger partial charge in [0.2, 0.25) is 0 Å². The minimum Gasteiger partial charge on any atom is -0.497 e. The number of aromatic nitrogens is 3. The topological polar surface area (TPSA) is 68.5 Å². The lowest BCUT2D eigenvalue weighted by atomic mass is 10.2. The van der Waals surface area contributed by atoms with E-state index >= 15 is 0 Å². The molecule has 0 saturated carbocycles. The SMILES string of the molecule is COc1ccc(NC(=O)c2cnn3c(C)cc(C)nc23)cc1. The van der Waals surface area contributed by atoms with Gasteiger partial charge in [-0.1, -0.05) is 0 Å². The fourth-order valence-electron chi connectivity index (χ4n) is 2.30. The van der Waals surface area contributed by atoms with Crippen molar-refractivity contribution in [3.63, 3.8) is 0 Å². The summed E-state index contributed by atoms with van der Waals surface area (Å²) in [6.07, 6.45) is 1.54. The second kappa shape index (κ2) is 5.48. The lowest BCUT2D eigenvalue weighted by Crippen LogP contribution is -2.12. The molecule has 0 aliphatic heterocycles. The van der Waals surface area contributed by atoms with Crippen molar-refractivity contribution in [2.24, 2.45) is 0 Å². The van der Waals surface area contributed by atoms with Gasteiger partial charge in [0, 0.05) is 17.1 Å². The van der Waals surface area contributed by atoms with Gasteiger partial charge >= 0.3 is 0 Å². The van der Waals surface area contributed by atoms with Crippen LogP contribution in [0.15, 0.2) is 36.5 Å². The van der Waals surface area contributed by atoms with E-state index in [0.717, 1.165) is 17.1 Å². The van der Waals surface area contributed by atoms with Crippen LogP contribution in [0.1, 0.15) is 21.7 Å². The predicted molar refractivity (Wildman–Crippen MR) is 83.4 cm³/mol. The molecule has 22 heavy (non-hydrogen) atoms. The van der Waals surface area contributed by atoms with Crippen LogP contribution < -0.4 is 10.1 Å². The van der Waals surface area contributed by atoms with Gasteiger partial charge in [0.05, 0.1) is 13.3 Å². The van der Waals surface area contributed by atoms with Gasteiger partial charge in [-0.15, -0.1) is 0 Å². The van der Waals surface area contributed by atoms with Crippen molar-refractivity contribution >= 4 is 17.2 Å². The Labute approximate surface area is 127 Å². The summed E-state index contributed by atoms with van der Waals surface area (Å²) < 4.78 is 6.76. The number of rotatable bonds is 3. The van der Waals surface area contributed by atoms with Crippen LogP contribution in [0.25, 0.3) is 5.65 Å².